The van der Waals surface area contributed by atoms with Gasteiger partial charge in [-0.25, -0.2) is 4.39 Å². The second kappa shape index (κ2) is 6.96. The average Bonchev–Trinajstić information content (AvgIpc) is 2.53. The van der Waals surface area contributed by atoms with Crippen molar-refractivity contribution in [1.29, 1.82) is 5.26 Å². The van der Waals surface area contributed by atoms with Gasteiger partial charge in [-0.2, -0.15) is 5.26 Å². The van der Waals surface area contributed by atoms with E-state index in [0.29, 0.717) is 12.1 Å². The largest absolute Gasteiger partial charge is 0.347 e. The summed E-state index contributed by atoms with van der Waals surface area (Å²) >= 11 is 0. The second-order valence-corrected chi connectivity index (χ2v) is 4.26. The van der Waals surface area contributed by atoms with Crippen LogP contribution in [0.5, 0.6) is 0 Å². The van der Waals surface area contributed by atoms with E-state index in [4.69, 9.17) is 5.26 Å². The van der Waals surface area contributed by atoms with Crippen molar-refractivity contribution in [3.05, 3.63) is 71.3 Å². The predicted molar refractivity (Wildman–Crippen MR) is 76.1 cm³/mol. The number of nitriles is 1. The van der Waals surface area contributed by atoms with Crippen LogP contribution in [0.4, 0.5) is 4.39 Å². The van der Waals surface area contributed by atoms with Gasteiger partial charge in [0.05, 0.1) is 0 Å². The molecule has 0 bridgehead atoms. The first-order valence-electron chi connectivity index (χ1n) is 6.23. The molecule has 2 aromatic rings. The molecule has 1 aromatic heterocycles. The summed E-state index contributed by atoms with van der Waals surface area (Å²) in [7, 11) is 0. The van der Waals surface area contributed by atoms with Gasteiger partial charge < -0.3 is 5.32 Å². The van der Waals surface area contributed by atoms with E-state index in [0.717, 1.165) is 5.56 Å². The topological polar surface area (TPSA) is 65.8 Å². The van der Waals surface area contributed by atoms with Crippen LogP contribution in [0, 0.1) is 17.1 Å². The molecule has 2 rings (SSSR count). The van der Waals surface area contributed by atoms with Crippen LogP contribution in [-0.4, -0.2) is 10.9 Å². The summed E-state index contributed by atoms with van der Waals surface area (Å²) in [4.78, 5) is 15.8. The first-order chi connectivity index (χ1) is 10.2. The van der Waals surface area contributed by atoms with Crippen LogP contribution >= 0.6 is 0 Å². The van der Waals surface area contributed by atoms with Gasteiger partial charge in [-0.3, -0.25) is 9.78 Å². The summed E-state index contributed by atoms with van der Waals surface area (Å²) in [6, 6.07) is 10.9. The Morgan fingerprint density at radius 1 is 1.24 bits per heavy atom. The zero-order chi connectivity index (χ0) is 15.1. The van der Waals surface area contributed by atoms with Gasteiger partial charge in [0.25, 0.3) is 5.91 Å². The Bertz CT molecular complexity index is 688. The Kier molecular flexibility index (Phi) is 4.78. The molecule has 1 amide bonds. The standard InChI is InChI=1S/C16H12FN3O/c17-15-3-1-12(2-4-15)9-14(10-18)16(21)20-11-13-5-7-19-8-6-13/h1-9H,11H2,(H,20,21)/b14-9+. The lowest BCUT2D eigenvalue weighted by molar-refractivity contribution is -0.117. The number of amides is 1. The van der Waals surface area contributed by atoms with Crippen LogP contribution in [0.3, 0.4) is 0 Å². The van der Waals surface area contributed by atoms with Gasteiger partial charge in [-0.1, -0.05) is 12.1 Å². The lowest BCUT2D eigenvalue weighted by atomic mass is 10.1. The average molecular weight is 281 g/mol. The molecule has 0 aliphatic rings. The molecule has 0 unspecified atom stereocenters. The highest BCUT2D eigenvalue weighted by Crippen LogP contribution is 2.08. The highest BCUT2D eigenvalue weighted by Gasteiger charge is 2.08. The van der Waals surface area contributed by atoms with Gasteiger partial charge in [0, 0.05) is 18.9 Å². The second-order valence-electron chi connectivity index (χ2n) is 4.26. The molecule has 21 heavy (non-hydrogen) atoms. The molecule has 0 saturated carbocycles. The Hall–Kier alpha value is -3.00. The van der Waals surface area contributed by atoms with E-state index < -0.39 is 5.91 Å². The number of halogens is 1. The number of carbonyl (C=O) groups is 1. The first kappa shape index (κ1) is 14.4. The van der Waals surface area contributed by atoms with Gasteiger partial charge in [0.2, 0.25) is 0 Å². The maximum atomic E-state index is 12.8. The van der Waals surface area contributed by atoms with Gasteiger partial charge in [-0.05, 0) is 41.5 Å². The summed E-state index contributed by atoms with van der Waals surface area (Å²) in [5.41, 5.74) is 1.44. The van der Waals surface area contributed by atoms with Crippen molar-refractivity contribution in [3.8, 4) is 6.07 Å². The minimum Gasteiger partial charge on any atom is -0.347 e. The number of pyridine rings is 1. The quantitative estimate of drug-likeness (QED) is 0.691. The number of nitrogens with zero attached hydrogens (tertiary/aromatic N) is 2. The van der Waals surface area contributed by atoms with Crippen molar-refractivity contribution in [2.45, 2.75) is 6.54 Å². The molecule has 0 aliphatic heterocycles. The van der Waals surface area contributed by atoms with Crippen molar-refractivity contribution in [1.82, 2.24) is 10.3 Å². The third kappa shape index (κ3) is 4.25. The summed E-state index contributed by atoms with van der Waals surface area (Å²) < 4.78 is 12.8. The number of nitrogens with one attached hydrogen (secondary N) is 1. The lowest BCUT2D eigenvalue weighted by Crippen LogP contribution is -2.23. The monoisotopic (exact) mass is 281 g/mol. The number of aromatic nitrogens is 1. The number of carbonyl (C=O) groups excluding carboxylic acids is 1. The van der Waals surface area contributed by atoms with Gasteiger partial charge in [0.1, 0.15) is 17.5 Å². The molecule has 0 spiro atoms. The summed E-state index contributed by atoms with van der Waals surface area (Å²) in [6.45, 7) is 0.309. The lowest BCUT2D eigenvalue weighted by Gasteiger charge is -2.04. The Labute approximate surface area is 121 Å². The number of rotatable bonds is 4. The Balaban J connectivity index is 2.05. The fourth-order valence-electron chi connectivity index (χ4n) is 1.65. The molecule has 0 atom stereocenters. The van der Waals surface area contributed by atoms with E-state index in [1.807, 2.05) is 6.07 Å². The third-order valence-electron chi connectivity index (χ3n) is 2.75. The van der Waals surface area contributed by atoms with E-state index >= 15 is 0 Å². The summed E-state index contributed by atoms with van der Waals surface area (Å²) in [5.74, 6) is -0.841. The van der Waals surface area contributed by atoms with E-state index in [2.05, 4.69) is 10.3 Å². The fourth-order valence-corrected chi connectivity index (χ4v) is 1.65. The van der Waals surface area contributed by atoms with Crippen molar-refractivity contribution in [3.63, 3.8) is 0 Å². The van der Waals surface area contributed by atoms with Crippen LogP contribution in [0.2, 0.25) is 0 Å². The maximum absolute atomic E-state index is 12.8. The molecule has 5 heteroatoms. The number of hydrogen-bond donors (Lipinski definition) is 1. The van der Waals surface area contributed by atoms with Crippen LogP contribution in [-0.2, 0) is 11.3 Å². The Morgan fingerprint density at radius 3 is 2.52 bits per heavy atom. The van der Waals surface area contributed by atoms with Crippen LogP contribution in [0.1, 0.15) is 11.1 Å². The molecule has 0 fully saturated rings. The fraction of sp³-hybridized carbons (Fsp3) is 0.0625. The van der Waals surface area contributed by atoms with Crippen LogP contribution in [0.15, 0.2) is 54.4 Å². The molecule has 104 valence electrons. The smallest absolute Gasteiger partial charge is 0.262 e. The normalized spacial score (nSPS) is 10.8. The van der Waals surface area contributed by atoms with Gasteiger partial charge in [-0.15, -0.1) is 0 Å². The third-order valence-corrected chi connectivity index (χ3v) is 2.75. The molecule has 0 saturated heterocycles. The number of benzene rings is 1. The van der Waals surface area contributed by atoms with Crippen LogP contribution < -0.4 is 5.32 Å². The minimum absolute atomic E-state index is 0.0318. The summed E-state index contributed by atoms with van der Waals surface area (Å²) in [5, 5.41) is 11.7. The SMILES string of the molecule is N#C/C(=C\c1ccc(F)cc1)C(=O)NCc1ccncc1. The Morgan fingerprint density at radius 2 is 1.90 bits per heavy atom. The molecule has 4 nitrogen and oxygen atoms in total. The molecule has 1 heterocycles. The van der Waals surface area contributed by atoms with Crippen molar-refractivity contribution < 1.29 is 9.18 Å². The van der Waals surface area contributed by atoms with E-state index in [1.54, 1.807) is 24.5 Å². The molecular weight excluding hydrogens is 269 g/mol. The minimum atomic E-state index is -0.473. The number of hydrogen-bond acceptors (Lipinski definition) is 3. The van der Waals surface area contributed by atoms with E-state index in [9.17, 15) is 9.18 Å². The van der Waals surface area contributed by atoms with E-state index in [-0.39, 0.29) is 11.4 Å². The highest BCUT2D eigenvalue weighted by atomic mass is 19.1. The zero-order valence-corrected chi connectivity index (χ0v) is 11.1. The molecule has 1 aromatic carbocycles. The molecule has 0 radical (unpaired) electrons. The maximum Gasteiger partial charge on any atom is 0.262 e. The highest BCUT2D eigenvalue weighted by molar-refractivity contribution is 6.01. The molecule has 1 N–H and O–H groups in total. The van der Waals surface area contributed by atoms with Gasteiger partial charge in [0.15, 0.2) is 0 Å². The predicted octanol–water partition coefficient (Wildman–Crippen LogP) is 2.44. The zero-order valence-electron chi connectivity index (χ0n) is 11.1. The first-order valence-corrected chi connectivity index (χ1v) is 6.23. The summed E-state index contributed by atoms with van der Waals surface area (Å²) in [6.07, 6.45) is 4.67. The van der Waals surface area contributed by atoms with Crippen LogP contribution in [0.25, 0.3) is 6.08 Å². The molecule has 0 aliphatic carbocycles. The van der Waals surface area contributed by atoms with Crippen molar-refractivity contribution in [2.75, 3.05) is 0 Å². The molecular formula is C16H12FN3O. The van der Waals surface area contributed by atoms with Crippen molar-refractivity contribution in [2.24, 2.45) is 0 Å². The van der Waals surface area contributed by atoms with Gasteiger partial charge >= 0.3 is 0 Å². The van der Waals surface area contributed by atoms with Crippen molar-refractivity contribution >= 4 is 12.0 Å². The van der Waals surface area contributed by atoms with E-state index in [1.165, 1.54) is 30.3 Å².